The second kappa shape index (κ2) is 6.86. The third-order valence-electron chi connectivity index (χ3n) is 3.78. The van der Waals surface area contributed by atoms with Gasteiger partial charge in [0.25, 0.3) is 0 Å². The molecule has 1 atom stereocenters. The van der Waals surface area contributed by atoms with Crippen LogP contribution < -0.4 is 0 Å². The van der Waals surface area contributed by atoms with Crippen molar-refractivity contribution in [2.24, 2.45) is 0 Å². The van der Waals surface area contributed by atoms with Crippen LogP contribution in [0.1, 0.15) is 43.9 Å². The van der Waals surface area contributed by atoms with Crippen LogP contribution in [0, 0.1) is 0 Å². The molecule has 0 amide bonds. The second-order valence-electron chi connectivity index (χ2n) is 6.70. The molecule has 1 aromatic heterocycles. The van der Waals surface area contributed by atoms with Gasteiger partial charge in [0.1, 0.15) is 0 Å². The minimum absolute atomic E-state index is 0.178. The fourth-order valence-corrected chi connectivity index (χ4v) is 2.39. The molecule has 0 aliphatic rings. The Morgan fingerprint density at radius 2 is 1.76 bits per heavy atom. The van der Waals surface area contributed by atoms with E-state index in [1.54, 1.807) is 6.20 Å². The van der Waals surface area contributed by atoms with Crippen LogP contribution in [0.15, 0.2) is 48.8 Å². The minimum atomic E-state index is -0.300. The smallest absolute Gasteiger partial charge is 0.0583 e. The van der Waals surface area contributed by atoms with Gasteiger partial charge in [-0.25, -0.2) is 0 Å². The molecule has 2 heteroatoms. The average Bonchev–Trinajstić information content (AvgIpc) is 2.46. The van der Waals surface area contributed by atoms with Crippen LogP contribution in [-0.4, -0.2) is 16.2 Å². The van der Waals surface area contributed by atoms with Crippen molar-refractivity contribution in [2.75, 3.05) is 0 Å². The Kier molecular flexibility index (Phi) is 5.13. The summed E-state index contributed by atoms with van der Waals surface area (Å²) < 4.78 is 0. The number of aliphatic hydroxyl groups excluding tert-OH is 1. The number of rotatable bonds is 5. The zero-order valence-corrected chi connectivity index (χ0v) is 13.2. The number of benzene rings is 1. The van der Waals surface area contributed by atoms with Gasteiger partial charge in [0.15, 0.2) is 0 Å². The first kappa shape index (κ1) is 15.7. The van der Waals surface area contributed by atoms with Gasteiger partial charge in [-0.3, -0.25) is 4.98 Å². The summed E-state index contributed by atoms with van der Waals surface area (Å²) in [6.07, 6.45) is 5.69. The molecule has 1 heterocycles. The van der Waals surface area contributed by atoms with Gasteiger partial charge in [0.2, 0.25) is 0 Å². The molecule has 1 unspecified atom stereocenters. The summed E-state index contributed by atoms with van der Waals surface area (Å²) in [6.45, 7) is 6.64. The Morgan fingerprint density at radius 3 is 2.33 bits per heavy atom. The molecule has 0 radical (unpaired) electrons. The summed E-state index contributed by atoms with van der Waals surface area (Å²) in [5, 5.41) is 10.2. The van der Waals surface area contributed by atoms with Crippen LogP contribution in [0.3, 0.4) is 0 Å². The fraction of sp³-hybridized carbons (Fsp3) is 0.421. The van der Waals surface area contributed by atoms with E-state index in [4.69, 9.17) is 0 Å². The number of aryl methyl sites for hydroxylation is 1. The lowest BCUT2D eigenvalue weighted by molar-refractivity contribution is 0.165. The lowest BCUT2D eigenvalue weighted by Crippen LogP contribution is -2.13. The normalized spacial score (nSPS) is 13.1. The van der Waals surface area contributed by atoms with Crippen molar-refractivity contribution in [3.8, 4) is 0 Å². The third-order valence-corrected chi connectivity index (χ3v) is 3.78. The fourth-order valence-electron chi connectivity index (χ4n) is 2.39. The highest BCUT2D eigenvalue weighted by atomic mass is 16.3. The molecule has 0 spiro atoms. The summed E-state index contributed by atoms with van der Waals surface area (Å²) in [5.41, 5.74) is 3.88. The molecule has 0 saturated heterocycles. The maximum atomic E-state index is 10.2. The van der Waals surface area contributed by atoms with Crippen LogP contribution >= 0.6 is 0 Å². The van der Waals surface area contributed by atoms with E-state index in [-0.39, 0.29) is 11.5 Å². The van der Waals surface area contributed by atoms with Gasteiger partial charge < -0.3 is 5.11 Å². The van der Waals surface area contributed by atoms with Gasteiger partial charge in [0, 0.05) is 12.4 Å². The number of nitrogens with zero attached hydrogens (tertiary/aromatic N) is 1. The predicted molar refractivity (Wildman–Crippen MR) is 87.4 cm³/mol. The minimum Gasteiger partial charge on any atom is -0.393 e. The zero-order chi connectivity index (χ0) is 15.3. The van der Waals surface area contributed by atoms with Gasteiger partial charge in [-0.05, 0) is 47.4 Å². The van der Waals surface area contributed by atoms with Crippen LogP contribution in [0.25, 0.3) is 0 Å². The van der Waals surface area contributed by atoms with Crippen molar-refractivity contribution in [2.45, 2.75) is 51.6 Å². The topological polar surface area (TPSA) is 33.1 Å². The average molecular weight is 283 g/mol. The molecule has 1 aromatic carbocycles. The van der Waals surface area contributed by atoms with Crippen LogP contribution in [0.4, 0.5) is 0 Å². The molecular formula is C19H25NO. The molecule has 0 aliphatic carbocycles. The highest BCUT2D eigenvalue weighted by Crippen LogP contribution is 2.22. The maximum absolute atomic E-state index is 10.2. The molecule has 0 saturated carbocycles. The third kappa shape index (κ3) is 4.98. The second-order valence-corrected chi connectivity index (χ2v) is 6.70. The molecule has 2 rings (SSSR count). The Morgan fingerprint density at radius 1 is 1.05 bits per heavy atom. The molecule has 112 valence electrons. The Bertz CT molecular complexity index is 540. The van der Waals surface area contributed by atoms with Gasteiger partial charge >= 0.3 is 0 Å². The first-order valence-electron chi connectivity index (χ1n) is 7.61. The van der Waals surface area contributed by atoms with Crippen molar-refractivity contribution >= 4 is 0 Å². The Labute approximate surface area is 127 Å². The van der Waals surface area contributed by atoms with Crippen LogP contribution in [0.2, 0.25) is 0 Å². The molecule has 0 fully saturated rings. The molecule has 1 N–H and O–H groups in total. The number of aromatic nitrogens is 1. The van der Waals surface area contributed by atoms with E-state index in [1.165, 1.54) is 16.7 Å². The van der Waals surface area contributed by atoms with E-state index in [2.05, 4.69) is 56.1 Å². The van der Waals surface area contributed by atoms with Crippen molar-refractivity contribution in [3.63, 3.8) is 0 Å². The molecule has 2 nitrogen and oxygen atoms in total. The quantitative estimate of drug-likeness (QED) is 0.902. The zero-order valence-electron chi connectivity index (χ0n) is 13.2. The van der Waals surface area contributed by atoms with Crippen molar-refractivity contribution < 1.29 is 5.11 Å². The number of aliphatic hydroxyl groups is 1. The highest BCUT2D eigenvalue weighted by molar-refractivity contribution is 5.27. The lowest BCUT2D eigenvalue weighted by Gasteiger charge is -2.19. The summed E-state index contributed by atoms with van der Waals surface area (Å²) in [6, 6.07) is 12.6. The van der Waals surface area contributed by atoms with E-state index in [9.17, 15) is 5.11 Å². The van der Waals surface area contributed by atoms with Crippen molar-refractivity contribution in [1.82, 2.24) is 4.98 Å². The molecular weight excluding hydrogens is 258 g/mol. The monoisotopic (exact) mass is 283 g/mol. The van der Waals surface area contributed by atoms with Crippen molar-refractivity contribution in [1.29, 1.82) is 0 Å². The first-order valence-corrected chi connectivity index (χ1v) is 7.61. The molecule has 0 bridgehead atoms. The van der Waals surface area contributed by atoms with Gasteiger partial charge in [-0.1, -0.05) is 51.1 Å². The van der Waals surface area contributed by atoms with Crippen molar-refractivity contribution in [3.05, 3.63) is 65.5 Å². The lowest BCUT2D eigenvalue weighted by atomic mass is 9.86. The highest BCUT2D eigenvalue weighted by Gasteiger charge is 2.13. The number of hydrogen-bond donors (Lipinski definition) is 1. The van der Waals surface area contributed by atoms with E-state index in [0.29, 0.717) is 6.42 Å². The van der Waals surface area contributed by atoms with E-state index in [1.807, 2.05) is 12.3 Å². The van der Waals surface area contributed by atoms with Gasteiger partial charge in [0.05, 0.1) is 6.10 Å². The van der Waals surface area contributed by atoms with Gasteiger partial charge in [-0.2, -0.15) is 0 Å². The summed E-state index contributed by atoms with van der Waals surface area (Å²) in [7, 11) is 0. The number of hydrogen-bond acceptors (Lipinski definition) is 2. The summed E-state index contributed by atoms with van der Waals surface area (Å²) in [5.74, 6) is 0. The summed E-state index contributed by atoms with van der Waals surface area (Å²) >= 11 is 0. The molecule has 0 aliphatic heterocycles. The van der Waals surface area contributed by atoms with E-state index < -0.39 is 0 Å². The molecule has 2 aromatic rings. The maximum Gasteiger partial charge on any atom is 0.0583 e. The number of pyridine rings is 1. The van der Waals surface area contributed by atoms with Crippen LogP contribution in [-0.2, 0) is 18.3 Å². The predicted octanol–water partition coefficient (Wildman–Crippen LogP) is 3.92. The van der Waals surface area contributed by atoms with E-state index >= 15 is 0 Å². The molecule has 21 heavy (non-hydrogen) atoms. The standard InChI is InChI=1S/C19H25NO/c1-19(2,3)17-9-6-15(7-10-17)13-18(21)11-8-16-5-4-12-20-14-16/h4-7,9-10,12,14,18,21H,8,11,13H2,1-3H3. The first-order chi connectivity index (χ1) is 9.95. The Hall–Kier alpha value is -1.67. The Balaban J connectivity index is 1.86. The van der Waals surface area contributed by atoms with E-state index in [0.717, 1.165) is 12.8 Å². The van der Waals surface area contributed by atoms with Crippen LogP contribution in [0.5, 0.6) is 0 Å². The summed E-state index contributed by atoms with van der Waals surface area (Å²) in [4.78, 5) is 4.10. The SMILES string of the molecule is CC(C)(C)c1ccc(CC(O)CCc2cccnc2)cc1. The largest absolute Gasteiger partial charge is 0.393 e. The van der Waals surface area contributed by atoms with Gasteiger partial charge in [-0.15, -0.1) is 0 Å².